The summed E-state index contributed by atoms with van der Waals surface area (Å²) in [4.78, 5) is 25.3. The summed E-state index contributed by atoms with van der Waals surface area (Å²) in [5.74, 6) is 0.868. The first-order valence-corrected chi connectivity index (χ1v) is 7.43. The Morgan fingerprint density at radius 2 is 2.15 bits per heavy atom. The van der Waals surface area contributed by atoms with Crippen molar-refractivity contribution in [1.82, 2.24) is 15.5 Å². The normalized spacial score (nSPS) is 21.4. The third kappa shape index (κ3) is 5.29. The van der Waals surface area contributed by atoms with E-state index in [1.165, 1.54) is 0 Å². The number of piperidine rings is 1. The third-order valence-electron chi connectivity index (χ3n) is 4.01. The predicted molar refractivity (Wildman–Crippen MR) is 80.9 cm³/mol. The molecule has 2 N–H and O–H groups in total. The number of carbonyl (C=O) groups excluding carboxylic acids is 2. The quantitative estimate of drug-likeness (QED) is 0.794. The molecular formula is C14H26ClN3O2. The van der Waals surface area contributed by atoms with Crippen LogP contribution in [0, 0.1) is 5.92 Å². The summed E-state index contributed by atoms with van der Waals surface area (Å²) in [6.45, 7) is 5.52. The van der Waals surface area contributed by atoms with E-state index in [0.717, 1.165) is 38.9 Å². The second-order valence-electron chi connectivity index (χ2n) is 5.81. The first-order valence-electron chi connectivity index (χ1n) is 7.43. The van der Waals surface area contributed by atoms with Gasteiger partial charge < -0.3 is 15.5 Å². The molecule has 2 aliphatic rings. The summed E-state index contributed by atoms with van der Waals surface area (Å²) in [5.41, 5.74) is 0. The van der Waals surface area contributed by atoms with Gasteiger partial charge in [-0.2, -0.15) is 0 Å². The van der Waals surface area contributed by atoms with Crippen molar-refractivity contribution in [2.24, 2.45) is 5.92 Å². The van der Waals surface area contributed by atoms with Gasteiger partial charge in [0.15, 0.2) is 0 Å². The number of nitrogens with one attached hydrogen (secondary N) is 2. The highest BCUT2D eigenvalue weighted by Crippen LogP contribution is 2.15. The zero-order chi connectivity index (χ0) is 13.7. The van der Waals surface area contributed by atoms with Crippen molar-refractivity contribution in [3.63, 3.8) is 0 Å². The van der Waals surface area contributed by atoms with Crippen molar-refractivity contribution in [3.8, 4) is 0 Å². The molecule has 2 saturated heterocycles. The molecule has 1 atom stereocenters. The Morgan fingerprint density at radius 1 is 1.45 bits per heavy atom. The maximum atomic E-state index is 11.9. The van der Waals surface area contributed by atoms with Crippen molar-refractivity contribution in [2.45, 2.75) is 45.1 Å². The van der Waals surface area contributed by atoms with E-state index in [0.29, 0.717) is 25.3 Å². The van der Waals surface area contributed by atoms with Crippen LogP contribution in [0.4, 0.5) is 0 Å². The van der Waals surface area contributed by atoms with Crippen LogP contribution in [0.25, 0.3) is 0 Å². The average Bonchev–Trinajstić information content (AvgIpc) is 2.76. The number of rotatable bonds is 5. The second kappa shape index (κ2) is 8.47. The topological polar surface area (TPSA) is 61.4 Å². The molecule has 0 aliphatic carbocycles. The molecule has 0 aromatic heterocycles. The minimum absolute atomic E-state index is 0. The molecule has 1 unspecified atom stereocenters. The Kier molecular flexibility index (Phi) is 7.30. The number of hydrogen-bond donors (Lipinski definition) is 2. The maximum absolute atomic E-state index is 11.9. The van der Waals surface area contributed by atoms with Crippen LogP contribution in [-0.2, 0) is 9.59 Å². The minimum Gasteiger partial charge on any atom is -0.352 e. The van der Waals surface area contributed by atoms with Crippen molar-refractivity contribution >= 4 is 24.2 Å². The van der Waals surface area contributed by atoms with Gasteiger partial charge in [-0.1, -0.05) is 0 Å². The molecule has 2 heterocycles. The zero-order valence-corrected chi connectivity index (χ0v) is 13.0. The smallest absolute Gasteiger partial charge is 0.222 e. The van der Waals surface area contributed by atoms with Gasteiger partial charge in [0.1, 0.15) is 0 Å². The van der Waals surface area contributed by atoms with Crippen LogP contribution in [0.3, 0.4) is 0 Å². The van der Waals surface area contributed by atoms with Crippen LogP contribution in [0.5, 0.6) is 0 Å². The molecule has 2 aliphatic heterocycles. The summed E-state index contributed by atoms with van der Waals surface area (Å²) >= 11 is 0. The molecule has 20 heavy (non-hydrogen) atoms. The first kappa shape index (κ1) is 17.2. The number of nitrogens with zero attached hydrogens (tertiary/aromatic N) is 1. The van der Waals surface area contributed by atoms with E-state index >= 15 is 0 Å². The summed E-state index contributed by atoms with van der Waals surface area (Å²) in [5, 5.41) is 6.33. The Morgan fingerprint density at radius 3 is 2.75 bits per heavy atom. The molecule has 2 fully saturated rings. The van der Waals surface area contributed by atoms with Crippen LogP contribution >= 0.6 is 12.4 Å². The Balaban J connectivity index is 0.00000200. The molecule has 0 radical (unpaired) electrons. The van der Waals surface area contributed by atoms with Gasteiger partial charge in [-0.25, -0.2) is 0 Å². The van der Waals surface area contributed by atoms with E-state index in [-0.39, 0.29) is 30.3 Å². The second-order valence-corrected chi connectivity index (χ2v) is 5.81. The van der Waals surface area contributed by atoms with Crippen molar-refractivity contribution in [2.75, 3.05) is 26.2 Å². The summed E-state index contributed by atoms with van der Waals surface area (Å²) in [7, 11) is 0. The highest BCUT2D eigenvalue weighted by atomic mass is 35.5. The van der Waals surface area contributed by atoms with Crippen molar-refractivity contribution in [3.05, 3.63) is 0 Å². The van der Waals surface area contributed by atoms with Gasteiger partial charge >= 0.3 is 0 Å². The van der Waals surface area contributed by atoms with Crippen LogP contribution < -0.4 is 10.6 Å². The molecule has 2 amide bonds. The number of likely N-dealkylation sites (tertiary alicyclic amines) is 1. The van der Waals surface area contributed by atoms with Gasteiger partial charge in [-0.05, 0) is 45.2 Å². The first-order chi connectivity index (χ1) is 9.15. The van der Waals surface area contributed by atoms with Crippen LogP contribution in [-0.4, -0.2) is 48.9 Å². The molecule has 6 heteroatoms. The van der Waals surface area contributed by atoms with Gasteiger partial charge in [-0.15, -0.1) is 12.4 Å². The average molecular weight is 304 g/mol. The fraction of sp³-hybridized carbons (Fsp3) is 0.857. The number of amides is 2. The lowest BCUT2D eigenvalue weighted by molar-refractivity contribution is -0.129. The number of halogens is 1. The van der Waals surface area contributed by atoms with Crippen molar-refractivity contribution in [1.29, 1.82) is 0 Å². The lowest BCUT2D eigenvalue weighted by atomic mass is 9.94. The predicted octanol–water partition coefficient (Wildman–Crippen LogP) is 0.925. The SMILES string of the molecule is CC(CN1CCCC1=O)NC(=O)CC1CCNCC1.Cl. The summed E-state index contributed by atoms with van der Waals surface area (Å²) in [6.07, 6.45) is 4.42. The van der Waals surface area contributed by atoms with Gasteiger partial charge in [0.05, 0.1) is 0 Å². The molecule has 0 saturated carbocycles. The standard InChI is InChI=1S/C14H25N3O2.ClH/c1-11(10-17-8-2-3-14(17)19)16-13(18)9-12-4-6-15-7-5-12;/h11-12,15H,2-10H2,1H3,(H,16,18);1H. The Hall–Kier alpha value is -0.810. The van der Waals surface area contributed by atoms with Crippen molar-refractivity contribution < 1.29 is 9.59 Å². The highest BCUT2D eigenvalue weighted by Gasteiger charge is 2.23. The van der Waals surface area contributed by atoms with Gasteiger partial charge in [0, 0.05) is 32.0 Å². The monoisotopic (exact) mass is 303 g/mol. The van der Waals surface area contributed by atoms with E-state index in [4.69, 9.17) is 0 Å². The molecule has 0 aromatic carbocycles. The fourth-order valence-corrected chi connectivity index (χ4v) is 2.96. The molecule has 0 aromatic rings. The fourth-order valence-electron chi connectivity index (χ4n) is 2.96. The molecule has 0 spiro atoms. The van der Waals surface area contributed by atoms with E-state index < -0.39 is 0 Å². The Bertz CT molecular complexity index is 332. The number of carbonyl (C=O) groups is 2. The highest BCUT2D eigenvalue weighted by molar-refractivity contribution is 5.85. The molecule has 5 nitrogen and oxygen atoms in total. The molecule has 0 bridgehead atoms. The molecular weight excluding hydrogens is 278 g/mol. The minimum atomic E-state index is 0. The zero-order valence-electron chi connectivity index (χ0n) is 12.2. The summed E-state index contributed by atoms with van der Waals surface area (Å²) < 4.78 is 0. The van der Waals surface area contributed by atoms with E-state index in [1.54, 1.807) is 0 Å². The largest absolute Gasteiger partial charge is 0.352 e. The van der Waals surface area contributed by atoms with Gasteiger partial charge in [0.2, 0.25) is 11.8 Å². The van der Waals surface area contributed by atoms with Gasteiger partial charge in [0.25, 0.3) is 0 Å². The van der Waals surface area contributed by atoms with Crippen LogP contribution in [0.15, 0.2) is 0 Å². The lowest BCUT2D eigenvalue weighted by Crippen LogP contribution is -2.43. The maximum Gasteiger partial charge on any atom is 0.222 e. The van der Waals surface area contributed by atoms with E-state index in [2.05, 4.69) is 10.6 Å². The van der Waals surface area contributed by atoms with Gasteiger partial charge in [-0.3, -0.25) is 9.59 Å². The number of hydrogen-bond acceptors (Lipinski definition) is 3. The Labute approximate surface area is 127 Å². The third-order valence-corrected chi connectivity index (χ3v) is 4.01. The van der Waals surface area contributed by atoms with E-state index in [1.807, 2.05) is 11.8 Å². The lowest BCUT2D eigenvalue weighted by Gasteiger charge is -2.24. The summed E-state index contributed by atoms with van der Waals surface area (Å²) in [6, 6.07) is 0.0521. The van der Waals surface area contributed by atoms with Crippen LogP contribution in [0.2, 0.25) is 0 Å². The molecule has 2 rings (SSSR count). The van der Waals surface area contributed by atoms with Crippen LogP contribution in [0.1, 0.15) is 39.0 Å². The molecule has 116 valence electrons. The van der Waals surface area contributed by atoms with E-state index in [9.17, 15) is 9.59 Å².